The lowest BCUT2D eigenvalue weighted by atomic mass is 9.63. The van der Waals surface area contributed by atoms with E-state index in [-0.39, 0.29) is 5.82 Å². The highest BCUT2D eigenvalue weighted by molar-refractivity contribution is 5.37. The molecule has 144 valence electrons. The molecule has 0 nitrogen and oxygen atoms in total. The quantitative estimate of drug-likeness (QED) is 0.526. The van der Waals surface area contributed by atoms with Crippen molar-refractivity contribution in [3.63, 3.8) is 0 Å². The molecule has 3 aliphatic carbocycles. The molecule has 0 N–H and O–H groups in total. The van der Waals surface area contributed by atoms with E-state index in [4.69, 9.17) is 0 Å². The molecule has 26 heavy (non-hydrogen) atoms. The van der Waals surface area contributed by atoms with Crippen LogP contribution >= 0.6 is 0 Å². The zero-order valence-corrected chi connectivity index (χ0v) is 16.9. The van der Waals surface area contributed by atoms with Crippen molar-refractivity contribution in [1.29, 1.82) is 0 Å². The first-order valence-corrected chi connectivity index (χ1v) is 11.4. The van der Waals surface area contributed by atoms with E-state index in [2.05, 4.69) is 19.9 Å². The lowest BCUT2D eigenvalue weighted by Crippen LogP contribution is -2.30. The lowest BCUT2D eigenvalue weighted by molar-refractivity contribution is 0.112. The molecular weight excluding hydrogens is 319 g/mol. The summed E-state index contributed by atoms with van der Waals surface area (Å²) in [5.41, 5.74) is 3.80. The van der Waals surface area contributed by atoms with Crippen LogP contribution in [0.5, 0.6) is 0 Å². The second-order valence-electron chi connectivity index (χ2n) is 9.84. The number of halogens is 1. The molecule has 0 aromatic heterocycles. The fraction of sp³-hybridized carbons (Fsp3) is 0.760. The Morgan fingerprint density at radius 1 is 0.962 bits per heavy atom. The van der Waals surface area contributed by atoms with Gasteiger partial charge in [0.25, 0.3) is 0 Å². The molecule has 5 unspecified atom stereocenters. The normalized spacial score (nSPS) is 34.2. The van der Waals surface area contributed by atoms with E-state index >= 15 is 0 Å². The number of unbranched alkanes of at least 4 members (excludes halogenated alkanes) is 1. The van der Waals surface area contributed by atoms with E-state index in [0.29, 0.717) is 11.8 Å². The Balaban J connectivity index is 1.43. The molecule has 0 radical (unpaired) electrons. The first-order chi connectivity index (χ1) is 12.6. The van der Waals surface area contributed by atoms with Gasteiger partial charge in [-0.2, -0.15) is 0 Å². The van der Waals surface area contributed by atoms with Gasteiger partial charge in [-0.25, -0.2) is 4.39 Å². The Kier molecular flexibility index (Phi) is 5.72. The van der Waals surface area contributed by atoms with E-state index in [1.165, 1.54) is 75.3 Å². The molecule has 0 bridgehead atoms. The minimum atomic E-state index is 0.0953. The van der Waals surface area contributed by atoms with Crippen LogP contribution in [0, 0.1) is 29.5 Å². The first-order valence-electron chi connectivity index (χ1n) is 11.4. The summed E-state index contributed by atoms with van der Waals surface area (Å²) >= 11 is 0. The highest BCUT2D eigenvalue weighted by atomic mass is 19.1. The highest BCUT2D eigenvalue weighted by Gasteiger charge is 2.36. The minimum absolute atomic E-state index is 0.0953. The second-order valence-corrected chi connectivity index (χ2v) is 9.84. The molecule has 1 heteroatoms. The van der Waals surface area contributed by atoms with Crippen LogP contribution < -0.4 is 0 Å². The van der Waals surface area contributed by atoms with Crippen LogP contribution in [0.25, 0.3) is 0 Å². The van der Waals surface area contributed by atoms with Gasteiger partial charge in [-0.1, -0.05) is 45.6 Å². The Morgan fingerprint density at radius 2 is 1.77 bits per heavy atom. The van der Waals surface area contributed by atoms with Crippen LogP contribution in [0.1, 0.15) is 101 Å². The molecular formula is C25H37F. The molecule has 0 spiro atoms. The fourth-order valence-corrected chi connectivity index (χ4v) is 6.32. The third-order valence-corrected chi connectivity index (χ3v) is 7.92. The number of fused-ring (bicyclic) bond motifs is 2. The molecule has 2 saturated carbocycles. The van der Waals surface area contributed by atoms with Crippen molar-refractivity contribution in [1.82, 2.24) is 0 Å². The molecule has 5 atom stereocenters. The van der Waals surface area contributed by atoms with Crippen molar-refractivity contribution in [2.45, 2.75) is 96.8 Å². The molecule has 0 heterocycles. The van der Waals surface area contributed by atoms with Gasteiger partial charge in [-0.15, -0.1) is 0 Å². The highest BCUT2D eigenvalue weighted by Crippen LogP contribution is 2.49. The summed E-state index contributed by atoms with van der Waals surface area (Å²) in [6.45, 7) is 4.61. The third kappa shape index (κ3) is 3.87. The van der Waals surface area contributed by atoms with Gasteiger partial charge in [0.15, 0.2) is 0 Å². The van der Waals surface area contributed by atoms with Crippen LogP contribution in [0.3, 0.4) is 0 Å². The van der Waals surface area contributed by atoms with Crippen molar-refractivity contribution in [3.05, 3.63) is 34.6 Å². The van der Waals surface area contributed by atoms with Gasteiger partial charge in [0.1, 0.15) is 5.82 Å². The van der Waals surface area contributed by atoms with E-state index in [9.17, 15) is 4.39 Å². The van der Waals surface area contributed by atoms with Gasteiger partial charge < -0.3 is 0 Å². The molecule has 0 saturated heterocycles. The standard InChI is InChI=1S/C25H37F/c1-3-4-5-18-7-9-20-14-22(11-10-19(20)13-18)24-15-21-8-6-17(2)12-23(21)16-25(24)26/h15-20,22H,3-14H2,1-2H3. The Morgan fingerprint density at radius 3 is 2.62 bits per heavy atom. The van der Waals surface area contributed by atoms with Gasteiger partial charge in [-0.05, 0) is 104 Å². The van der Waals surface area contributed by atoms with E-state index in [1.807, 2.05) is 6.07 Å². The summed E-state index contributed by atoms with van der Waals surface area (Å²) in [4.78, 5) is 0. The summed E-state index contributed by atoms with van der Waals surface area (Å²) in [6.07, 6.45) is 15.8. The number of rotatable bonds is 4. The van der Waals surface area contributed by atoms with Gasteiger partial charge in [-0.3, -0.25) is 0 Å². The maximum Gasteiger partial charge on any atom is 0.126 e. The van der Waals surface area contributed by atoms with Crippen molar-refractivity contribution in [2.24, 2.45) is 23.7 Å². The van der Waals surface area contributed by atoms with Crippen molar-refractivity contribution in [3.8, 4) is 0 Å². The average Bonchev–Trinajstić information content (AvgIpc) is 2.65. The van der Waals surface area contributed by atoms with Crippen LogP contribution in [0.15, 0.2) is 12.1 Å². The largest absolute Gasteiger partial charge is 0.207 e. The SMILES string of the molecule is CCCCC1CCC2CC(c3cc4c(cc3F)CC(C)CC4)CCC2C1. The molecule has 1 aromatic rings. The second kappa shape index (κ2) is 8.03. The minimum Gasteiger partial charge on any atom is -0.207 e. The number of aryl methyl sites for hydroxylation is 1. The summed E-state index contributed by atoms with van der Waals surface area (Å²) in [5, 5.41) is 0. The van der Waals surface area contributed by atoms with E-state index in [0.717, 1.165) is 36.2 Å². The van der Waals surface area contributed by atoms with Crippen LogP contribution in [0.2, 0.25) is 0 Å². The molecule has 1 aromatic carbocycles. The van der Waals surface area contributed by atoms with Gasteiger partial charge in [0.2, 0.25) is 0 Å². The van der Waals surface area contributed by atoms with Gasteiger partial charge in [0.05, 0.1) is 0 Å². The van der Waals surface area contributed by atoms with E-state index < -0.39 is 0 Å². The molecule has 0 amide bonds. The monoisotopic (exact) mass is 356 g/mol. The number of benzene rings is 1. The van der Waals surface area contributed by atoms with Gasteiger partial charge in [0, 0.05) is 0 Å². The molecule has 2 fully saturated rings. The lowest BCUT2D eigenvalue weighted by Gasteiger charge is -2.42. The number of hydrogen-bond acceptors (Lipinski definition) is 0. The third-order valence-electron chi connectivity index (χ3n) is 7.92. The predicted molar refractivity (Wildman–Crippen MR) is 108 cm³/mol. The molecule has 3 aliphatic rings. The maximum absolute atomic E-state index is 14.9. The topological polar surface area (TPSA) is 0 Å². The van der Waals surface area contributed by atoms with Crippen LogP contribution in [-0.4, -0.2) is 0 Å². The van der Waals surface area contributed by atoms with Crippen molar-refractivity contribution in [2.75, 3.05) is 0 Å². The Bertz CT molecular complexity index is 619. The maximum atomic E-state index is 14.9. The average molecular weight is 357 g/mol. The Labute approximate surface area is 160 Å². The number of hydrogen-bond donors (Lipinski definition) is 0. The van der Waals surface area contributed by atoms with Crippen molar-refractivity contribution < 1.29 is 4.39 Å². The molecule has 4 rings (SSSR count). The smallest absolute Gasteiger partial charge is 0.126 e. The predicted octanol–water partition coefficient (Wildman–Crippen LogP) is 7.44. The fourth-order valence-electron chi connectivity index (χ4n) is 6.32. The molecule has 0 aliphatic heterocycles. The summed E-state index contributed by atoms with van der Waals surface area (Å²) in [7, 11) is 0. The Hall–Kier alpha value is -0.850. The summed E-state index contributed by atoms with van der Waals surface area (Å²) < 4.78 is 14.9. The summed E-state index contributed by atoms with van der Waals surface area (Å²) in [5.74, 6) is 4.07. The summed E-state index contributed by atoms with van der Waals surface area (Å²) in [6, 6.07) is 4.17. The van der Waals surface area contributed by atoms with Crippen LogP contribution in [-0.2, 0) is 12.8 Å². The van der Waals surface area contributed by atoms with Crippen molar-refractivity contribution >= 4 is 0 Å². The van der Waals surface area contributed by atoms with E-state index in [1.54, 1.807) is 0 Å². The van der Waals surface area contributed by atoms with Gasteiger partial charge >= 0.3 is 0 Å². The first kappa shape index (κ1) is 18.5. The zero-order chi connectivity index (χ0) is 18.1. The zero-order valence-electron chi connectivity index (χ0n) is 16.9. The van der Waals surface area contributed by atoms with Crippen LogP contribution in [0.4, 0.5) is 4.39 Å².